The Morgan fingerprint density at radius 2 is 2.05 bits per heavy atom. The zero-order chi connectivity index (χ0) is 14.9. The van der Waals surface area contributed by atoms with Gasteiger partial charge in [-0.25, -0.2) is 4.68 Å². The number of nitrogens with one attached hydrogen (secondary N) is 1. The fourth-order valence-corrected chi connectivity index (χ4v) is 2.02. The van der Waals surface area contributed by atoms with Crippen molar-refractivity contribution in [1.29, 1.82) is 5.26 Å². The van der Waals surface area contributed by atoms with Gasteiger partial charge in [-0.05, 0) is 32.0 Å². The summed E-state index contributed by atoms with van der Waals surface area (Å²) in [5, 5.41) is 17.5. The van der Waals surface area contributed by atoms with Gasteiger partial charge in [-0.15, -0.1) is 5.10 Å². The van der Waals surface area contributed by atoms with Crippen molar-refractivity contribution in [3.8, 4) is 11.8 Å². The minimum absolute atomic E-state index is 0.138. The zero-order valence-corrected chi connectivity index (χ0v) is 12.5. The summed E-state index contributed by atoms with van der Waals surface area (Å²) in [5.41, 5.74) is 6.93. The van der Waals surface area contributed by atoms with Crippen molar-refractivity contribution in [2.45, 2.75) is 19.9 Å². The molecule has 5 nitrogen and oxygen atoms in total. The van der Waals surface area contributed by atoms with Gasteiger partial charge in [0.1, 0.15) is 17.5 Å². The first-order chi connectivity index (χ1) is 9.43. The number of benzene rings is 1. The predicted octanol–water partition coefficient (Wildman–Crippen LogP) is 3.45. The molecule has 0 unspecified atom stereocenters. The molecule has 0 aliphatic heterocycles. The summed E-state index contributed by atoms with van der Waals surface area (Å²) in [6.07, 6.45) is 0. The molecular weight excluding hydrogens is 297 g/mol. The van der Waals surface area contributed by atoms with E-state index < -0.39 is 0 Å². The van der Waals surface area contributed by atoms with Crippen LogP contribution in [-0.4, -0.2) is 15.8 Å². The Balaban J connectivity index is 2.54. The molecule has 3 N–H and O–H groups in total. The van der Waals surface area contributed by atoms with Crippen LogP contribution in [0.2, 0.25) is 10.0 Å². The van der Waals surface area contributed by atoms with E-state index in [1.165, 1.54) is 4.68 Å². The molecule has 0 aliphatic carbocycles. The fraction of sp³-hybridized carbons (Fsp3) is 0.231. The number of nitrogen functional groups attached to an aromatic ring is 1. The van der Waals surface area contributed by atoms with Crippen LogP contribution >= 0.6 is 23.2 Å². The van der Waals surface area contributed by atoms with Gasteiger partial charge >= 0.3 is 0 Å². The lowest BCUT2D eigenvalue weighted by Gasteiger charge is -2.06. The molecule has 0 saturated carbocycles. The molecule has 1 aromatic carbocycles. The number of hydrogen-bond acceptors (Lipinski definition) is 4. The number of aromatic nitrogens is 2. The van der Waals surface area contributed by atoms with E-state index in [2.05, 4.69) is 16.5 Å². The van der Waals surface area contributed by atoms with E-state index in [0.29, 0.717) is 27.1 Å². The van der Waals surface area contributed by atoms with E-state index in [-0.39, 0.29) is 11.9 Å². The van der Waals surface area contributed by atoms with Crippen LogP contribution in [0, 0.1) is 11.3 Å². The van der Waals surface area contributed by atoms with Gasteiger partial charge in [0.15, 0.2) is 5.82 Å². The van der Waals surface area contributed by atoms with Crippen LogP contribution in [0.15, 0.2) is 18.2 Å². The van der Waals surface area contributed by atoms with Gasteiger partial charge in [-0.3, -0.25) is 0 Å². The average molecular weight is 310 g/mol. The minimum atomic E-state index is 0.138. The quantitative estimate of drug-likeness (QED) is 0.910. The zero-order valence-electron chi connectivity index (χ0n) is 11.0. The molecule has 0 saturated heterocycles. The molecular formula is C13H13Cl2N5. The number of nitrogens with zero attached hydrogens (tertiary/aromatic N) is 3. The van der Waals surface area contributed by atoms with Crippen molar-refractivity contribution < 1.29 is 0 Å². The van der Waals surface area contributed by atoms with Crippen molar-refractivity contribution in [3.05, 3.63) is 33.8 Å². The lowest BCUT2D eigenvalue weighted by molar-refractivity contribution is 0.850. The third-order valence-corrected chi connectivity index (χ3v) is 3.35. The fourth-order valence-electron chi connectivity index (χ4n) is 1.73. The van der Waals surface area contributed by atoms with Crippen LogP contribution in [0.4, 0.5) is 11.6 Å². The van der Waals surface area contributed by atoms with Gasteiger partial charge in [0.25, 0.3) is 0 Å². The first-order valence-electron chi connectivity index (χ1n) is 5.94. The summed E-state index contributed by atoms with van der Waals surface area (Å²) < 4.78 is 1.46. The van der Waals surface area contributed by atoms with Crippen LogP contribution in [-0.2, 0) is 0 Å². The Hall–Kier alpha value is -1.90. The molecule has 0 spiro atoms. The molecule has 2 aromatic rings. The first kappa shape index (κ1) is 14.5. The van der Waals surface area contributed by atoms with Gasteiger partial charge < -0.3 is 11.1 Å². The number of anilines is 2. The minimum Gasteiger partial charge on any atom is -0.382 e. The molecule has 0 bridgehead atoms. The molecule has 0 radical (unpaired) electrons. The standard InChI is InChI=1S/C13H13Cl2N5/c1-7(2)18-13-9(6-16)12(17)20(19-13)8-3-4-10(14)11(15)5-8/h3-5,7H,17H2,1-2H3,(H,18,19). The summed E-state index contributed by atoms with van der Waals surface area (Å²) in [7, 11) is 0. The number of nitrogens with two attached hydrogens (primary N) is 1. The van der Waals surface area contributed by atoms with Gasteiger partial charge in [0.2, 0.25) is 0 Å². The highest BCUT2D eigenvalue weighted by Gasteiger charge is 2.17. The van der Waals surface area contributed by atoms with Crippen molar-refractivity contribution in [1.82, 2.24) is 9.78 Å². The highest BCUT2D eigenvalue weighted by molar-refractivity contribution is 6.42. The molecule has 7 heteroatoms. The summed E-state index contributed by atoms with van der Waals surface area (Å²) >= 11 is 11.9. The molecule has 1 heterocycles. The maximum atomic E-state index is 9.20. The van der Waals surface area contributed by atoms with Crippen molar-refractivity contribution in [3.63, 3.8) is 0 Å². The molecule has 0 amide bonds. The van der Waals surface area contributed by atoms with E-state index in [1.807, 2.05) is 13.8 Å². The Labute approximate surface area is 126 Å². The average Bonchev–Trinajstić information content (AvgIpc) is 2.68. The lowest BCUT2D eigenvalue weighted by atomic mass is 10.3. The van der Waals surface area contributed by atoms with Crippen LogP contribution in [0.3, 0.4) is 0 Å². The van der Waals surface area contributed by atoms with Crippen molar-refractivity contribution in [2.24, 2.45) is 0 Å². The highest BCUT2D eigenvalue weighted by Crippen LogP contribution is 2.28. The predicted molar refractivity (Wildman–Crippen MR) is 81.5 cm³/mol. The normalized spacial score (nSPS) is 10.6. The second-order valence-electron chi connectivity index (χ2n) is 4.53. The number of halogens is 2. The van der Waals surface area contributed by atoms with Gasteiger partial charge in [0.05, 0.1) is 15.7 Å². The summed E-state index contributed by atoms with van der Waals surface area (Å²) in [6.45, 7) is 3.91. The third kappa shape index (κ3) is 2.67. The summed E-state index contributed by atoms with van der Waals surface area (Å²) in [5.74, 6) is 0.708. The number of hydrogen-bond donors (Lipinski definition) is 2. The second kappa shape index (κ2) is 5.61. The van der Waals surface area contributed by atoms with Gasteiger partial charge in [-0.1, -0.05) is 23.2 Å². The molecule has 1 aromatic heterocycles. The SMILES string of the molecule is CC(C)Nc1nn(-c2ccc(Cl)c(Cl)c2)c(N)c1C#N. The molecule has 2 rings (SSSR count). The maximum Gasteiger partial charge on any atom is 0.168 e. The first-order valence-corrected chi connectivity index (χ1v) is 6.70. The number of nitriles is 1. The van der Waals surface area contributed by atoms with E-state index in [4.69, 9.17) is 28.9 Å². The summed E-state index contributed by atoms with van der Waals surface area (Å²) in [6, 6.07) is 7.23. The summed E-state index contributed by atoms with van der Waals surface area (Å²) in [4.78, 5) is 0. The second-order valence-corrected chi connectivity index (χ2v) is 5.34. The largest absolute Gasteiger partial charge is 0.382 e. The Kier molecular flexibility index (Phi) is 4.07. The van der Waals surface area contributed by atoms with Crippen LogP contribution in [0.25, 0.3) is 5.69 Å². The highest BCUT2D eigenvalue weighted by atomic mass is 35.5. The molecule has 0 fully saturated rings. The number of rotatable bonds is 3. The van der Waals surface area contributed by atoms with Crippen molar-refractivity contribution in [2.75, 3.05) is 11.1 Å². The van der Waals surface area contributed by atoms with E-state index in [0.717, 1.165) is 0 Å². The Morgan fingerprint density at radius 1 is 1.35 bits per heavy atom. The molecule has 104 valence electrons. The monoisotopic (exact) mass is 309 g/mol. The van der Waals surface area contributed by atoms with Crippen LogP contribution in [0.5, 0.6) is 0 Å². The Bertz CT molecular complexity index is 685. The topological polar surface area (TPSA) is 79.7 Å². The van der Waals surface area contributed by atoms with E-state index >= 15 is 0 Å². The smallest absolute Gasteiger partial charge is 0.168 e. The van der Waals surface area contributed by atoms with E-state index in [9.17, 15) is 5.26 Å². The van der Waals surface area contributed by atoms with Gasteiger partial charge in [0, 0.05) is 6.04 Å². The lowest BCUT2D eigenvalue weighted by Crippen LogP contribution is -2.11. The maximum absolute atomic E-state index is 9.20. The van der Waals surface area contributed by atoms with Crippen LogP contribution in [0.1, 0.15) is 19.4 Å². The third-order valence-electron chi connectivity index (χ3n) is 2.61. The van der Waals surface area contributed by atoms with Gasteiger partial charge in [-0.2, -0.15) is 5.26 Å². The molecule has 20 heavy (non-hydrogen) atoms. The molecule has 0 atom stereocenters. The van der Waals surface area contributed by atoms with E-state index in [1.54, 1.807) is 18.2 Å². The molecule has 0 aliphatic rings. The van der Waals surface area contributed by atoms with Crippen LogP contribution < -0.4 is 11.1 Å². The van der Waals surface area contributed by atoms with Crippen molar-refractivity contribution >= 4 is 34.8 Å². The Morgan fingerprint density at radius 3 is 2.60 bits per heavy atom.